The SMILES string of the molecule is O=C(Cc1ccc(C(=O)O)cc1)N[C@@H]1COC[C@@H]1Oc1ccccc1. The van der Waals surface area contributed by atoms with Crippen molar-refractivity contribution in [2.75, 3.05) is 13.2 Å². The topological polar surface area (TPSA) is 84.9 Å². The highest BCUT2D eigenvalue weighted by atomic mass is 16.5. The lowest BCUT2D eigenvalue weighted by Crippen LogP contribution is -2.45. The molecular weight excluding hydrogens is 322 g/mol. The predicted octanol–water partition coefficient (Wildman–Crippen LogP) is 1.89. The third kappa shape index (κ3) is 4.58. The maximum absolute atomic E-state index is 12.2. The second kappa shape index (κ2) is 7.81. The molecule has 25 heavy (non-hydrogen) atoms. The highest BCUT2D eigenvalue weighted by Gasteiger charge is 2.31. The number of aromatic carboxylic acids is 1. The van der Waals surface area contributed by atoms with E-state index in [1.165, 1.54) is 12.1 Å². The summed E-state index contributed by atoms with van der Waals surface area (Å²) >= 11 is 0. The first kappa shape index (κ1) is 17.0. The molecule has 130 valence electrons. The maximum Gasteiger partial charge on any atom is 0.335 e. The van der Waals surface area contributed by atoms with Gasteiger partial charge in [0, 0.05) is 0 Å². The van der Waals surface area contributed by atoms with Crippen LogP contribution in [-0.4, -0.2) is 42.3 Å². The van der Waals surface area contributed by atoms with Crippen LogP contribution in [0.4, 0.5) is 0 Å². The fourth-order valence-corrected chi connectivity index (χ4v) is 2.67. The highest BCUT2D eigenvalue weighted by Crippen LogP contribution is 2.17. The van der Waals surface area contributed by atoms with Gasteiger partial charge in [-0.1, -0.05) is 30.3 Å². The molecule has 1 aliphatic heterocycles. The Hall–Kier alpha value is -2.86. The number of hydrogen-bond donors (Lipinski definition) is 2. The number of amides is 1. The van der Waals surface area contributed by atoms with Crippen LogP contribution in [0.2, 0.25) is 0 Å². The van der Waals surface area contributed by atoms with Gasteiger partial charge in [0.2, 0.25) is 5.91 Å². The number of carboxylic acid groups (broad SMARTS) is 1. The van der Waals surface area contributed by atoms with Crippen LogP contribution in [0.3, 0.4) is 0 Å². The summed E-state index contributed by atoms with van der Waals surface area (Å²) in [5.74, 6) is -0.401. The minimum absolute atomic E-state index is 0.153. The van der Waals surface area contributed by atoms with E-state index in [0.29, 0.717) is 13.2 Å². The summed E-state index contributed by atoms with van der Waals surface area (Å²) in [5, 5.41) is 11.8. The van der Waals surface area contributed by atoms with E-state index in [9.17, 15) is 9.59 Å². The fourth-order valence-electron chi connectivity index (χ4n) is 2.67. The smallest absolute Gasteiger partial charge is 0.335 e. The van der Waals surface area contributed by atoms with Gasteiger partial charge in [0.25, 0.3) is 0 Å². The Bertz CT molecular complexity index is 729. The molecule has 0 radical (unpaired) electrons. The molecule has 0 aliphatic carbocycles. The summed E-state index contributed by atoms with van der Waals surface area (Å²) in [5.41, 5.74) is 0.951. The number of nitrogens with one attached hydrogen (secondary N) is 1. The quantitative estimate of drug-likeness (QED) is 0.838. The summed E-state index contributed by atoms with van der Waals surface area (Å²) in [7, 11) is 0. The second-order valence-corrected chi connectivity index (χ2v) is 5.86. The van der Waals surface area contributed by atoms with Gasteiger partial charge in [-0.15, -0.1) is 0 Å². The standard InChI is InChI=1S/C19H19NO5/c21-18(10-13-6-8-14(9-7-13)19(22)23)20-16-11-24-12-17(16)25-15-4-2-1-3-5-15/h1-9,16-17H,10-12H2,(H,20,21)(H,22,23)/t16-,17+/m1/s1. The molecule has 0 unspecified atom stereocenters. The van der Waals surface area contributed by atoms with Crippen LogP contribution in [0, 0.1) is 0 Å². The largest absolute Gasteiger partial charge is 0.486 e. The van der Waals surface area contributed by atoms with Crippen LogP contribution in [0.25, 0.3) is 0 Å². The van der Waals surface area contributed by atoms with Gasteiger partial charge in [0.15, 0.2) is 0 Å². The zero-order valence-corrected chi connectivity index (χ0v) is 13.6. The van der Waals surface area contributed by atoms with E-state index in [1.807, 2.05) is 30.3 Å². The molecule has 1 heterocycles. The van der Waals surface area contributed by atoms with Crippen LogP contribution in [0.5, 0.6) is 5.75 Å². The predicted molar refractivity (Wildman–Crippen MR) is 90.7 cm³/mol. The van der Waals surface area contributed by atoms with Crippen LogP contribution in [0.15, 0.2) is 54.6 Å². The van der Waals surface area contributed by atoms with Gasteiger partial charge in [-0.25, -0.2) is 4.79 Å². The zero-order chi connectivity index (χ0) is 17.6. The number of para-hydroxylation sites is 1. The summed E-state index contributed by atoms with van der Waals surface area (Å²) in [6.07, 6.45) is -0.0604. The number of benzene rings is 2. The molecule has 0 bridgehead atoms. The van der Waals surface area contributed by atoms with E-state index in [-0.39, 0.29) is 30.0 Å². The first-order valence-corrected chi connectivity index (χ1v) is 8.03. The number of carbonyl (C=O) groups is 2. The minimum atomic E-state index is -0.986. The third-order valence-electron chi connectivity index (χ3n) is 3.97. The average molecular weight is 341 g/mol. The van der Waals surface area contributed by atoms with Crippen molar-refractivity contribution in [3.8, 4) is 5.75 Å². The van der Waals surface area contributed by atoms with E-state index in [0.717, 1.165) is 11.3 Å². The highest BCUT2D eigenvalue weighted by molar-refractivity contribution is 5.87. The van der Waals surface area contributed by atoms with E-state index in [4.69, 9.17) is 14.6 Å². The molecule has 0 spiro atoms. The molecule has 1 fully saturated rings. The van der Waals surface area contributed by atoms with Gasteiger partial charge in [0.05, 0.1) is 31.2 Å². The number of carboxylic acids is 1. The van der Waals surface area contributed by atoms with Crippen molar-refractivity contribution < 1.29 is 24.2 Å². The molecule has 1 saturated heterocycles. The molecule has 0 aromatic heterocycles. The third-order valence-corrected chi connectivity index (χ3v) is 3.97. The Morgan fingerprint density at radius 3 is 2.48 bits per heavy atom. The van der Waals surface area contributed by atoms with Gasteiger partial charge in [-0.2, -0.15) is 0 Å². The molecule has 1 amide bonds. The molecular formula is C19H19NO5. The average Bonchev–Trinajstić information content (AvgIpc) is 3.03. The molecule has 2 aromatic rings. The lowest BCUT2D eigenvalue weighted by atomic mass is 10.1. The van der Waals surface area contributed by atoms with Crippen LogP contribution < -0.4 is 10.1 Å². The summed E-state index contributed by atoms with van der Waals surface area (Å²) in [6, 6.07) is 15.5. The van der Waals surface area contributed by atoms with Gasteiger partial charge in [0.1, 0.15) is 11.9 Å². The maximum atomic E-state index is 12.2. The molecule has 2 aromatic carbocycles. The molecule has 2 N–H and O–H groups in total. The molecule has 1 aliphatic rings. The number of ether oxygens (including phenoxy) is 2. The molecule has 6 heteroatoms. The summed E-state index contributed by atoms with van der Waals surface area (Å²) < 4.78 is 11.3. The molecule has 6 nitrogen and oxygen atoms in total. The van der Waals surface area contributed by atoms with Crippen molar-refractivity contribution in [1.82, 2.24) is 5.32 Å². The molecule has 0 saturated carbocycles. The fraction of sp³-hybridized carbons (Fsp3) is 0.263. The lowest BCUT2D eigenvalue weighted by molar-refractivity contribution is -0.121. The Labute approximate surface area is 145 Å². The van der Waals surface area contributed by atoms with Gasteiger partial charge in [-0.3, -0.25) is 4.79 Å². The summed E-state index contributed by atoms with van der Waals surface area (Å²) in [6.45, 7) is 0.828. The van der Waals surface area contributed by atoms with Crippen molar-refractivity contribution in [1.29, 1.82) is 0 Å². The van der Waals surface area contributed by atoms with Crippen molar-refractivity contribution in [3.63, 3.8) is 0 Å². The Morgan fingerprint density at radius 2 is 1.80 bits per heavy atom. The second-order valence-electron chi connectivity index (χ2n) is 5.86. The number of carbonyl (C=O) groups excluding carboxylic acids is 1. The van der Waals surface area contributed by atoms with Gasteiger partial charge >= 0.3 is 5.97 Å². The first-order chi connectivity index (χ1) is 12.1. The number of rotatable bonds is 6. The van der Waals surface area contributed by atoms with Crippen molar-refractivity contribution in [2.24, 2.45) is 0 Å². The first-order valence-electron chi connectivity index (χ1n) is 8.03. The monoisotopic (exact) mass is 341 g/mol. The van der Waals surface area contributed by atoms with Crippen molar-refractivity contribution in [3.05, 3.63) is 65.7 Å². The Kier molecular flexibility index (Phi) is 5.30. The van der Waals surface area contributed by atoms with Crippen LogP contribution in [-0.2, 0) is 16.0 Å². The molecule has 3 rings (SSSR count). The van der Waals surface area contributed by atoms with Crippen molar-refractivity contribution in [2.45, 2.75) is 18.6 Å². The lowest BCUT2D eigenvalue weighted by Gasteiger charge is -2.20. The van der Waals surface area contributed by atoms with E-state index in [2.05, 4.69) is 5.32 Å². The zero-order valence-electron chi connectivity index (χ0n) is 13.6. The van der Waals surface area contributed by atoms with Crippen LogP contribution in [0.1, 0.15) is 15.9 Å². The normalized spacial score (nSPS) is 19.4. The van der Waals surface area contributed by atoms with Gasteiger partial charge in [-0.05, 0) is 29.8 Å². The summed E-state index contributed by atoms with van der Waals surface area (Å²) in [4.78, 5) is 23.1. The van der Waals surface area contributed by atoms with Crippen LogP contribution >= 0.6 is 0 Å². The van der Waals surface area contributed by atoms with Crippen molar-refractivity contribution >= 4 is 11.9 Å². The minimum Gasteiger partial charge on any atom is -0.486 e. The van der Waals surface area contributed by atoms with E-state index in [1.54, 1.807) is 12.1 Å². The molecule has 2 atom stereocenters. The number of hydrogen-bond acceptors (Lipinski definition) is 4. The Morgan fingerprint density at radius 1 is 1.08 bits per heavy atom. The van der Waals surface area contributed by atoms with E-state index < -0.39 is 5.97 Å². The van der Waals surface area contributed by atoms with E-state index >= 15 is 0 Å². The van der Waals surface area contributed by atoms with Gasteiger partial charge < -0.3 is 19.9 Å². The Balaban J connectivity index is 1.55.